The second-order valence-corrected chi connectivity index (χ2v) is 7.39. The molecule has 0 atom stereocenters. The summed E-state index contributed by atoms with van der Waals surface area (Å²) in [5.74, 6) is 0.420. The van der Waals surface area contributed by atoms with E-state index >= 15 is 0 Å². The number of aromatic nitrogens is 4. The van der Waals surface area contributed by atoms with Gasteiger partial charge in [0.1, 0.15) is 17.4 Å². The van der Waals surface area contributed by atoms with E-state index in [-0.39, 0.29) is 12.5 Å². The molecule has 0 saturated carbocycles. The molecule has 1 amide bonds. The number of nitrogens with zero attached hydrogens (tertiary/aromatic N) is 5. The van der Waals surface area contributed by atoms with Gasteiger partial charge in [-0.05, 0) is 18.2 Å². The highest BCUT2D eigenvalue weighted by molar-refractivity contribution is 7.21. The summed E-state index contributed by atoms with van der Waals surface area (Å²) in [5.41, 5.74) is 9.60. The number of nitrogen functional groups attached to an aromatic ring is 1. The van der Waals surface area contributed by atoms with Gasteiger partial charge in [-0.2, -0.15) is 5.10 Å². The second-order valence-electron chi connectivity index (χ2n) is 6.36. The second kappa shape index (κ2) is 6.81. The summed E-state index contributed by atoms with van der Waals surface area (Å²) in [6.45, 7) is 0.195. The first kappa shape index (κ1) is 17.2. The van der Waals surface area contributed by atoms with E-state index in [1.54, 1.807) is 42.5 Å². The number of carbonyl (C=O) groups is 1. The third kappa shape index (κ3) is 3.39. The van der Waals surface area contributed by atoms with Gasteiger partial charge in [-0.3, -0.25) is 9.48 Å². The number of fused-ring (bicyclic) bond motifs is 1. The molecule has 7 nitrogen and oxygen atoms in total. The normalized spacial score (nSPS) is 11.0. The Balaban J connectivity index is 1.68. The first-order valence-corrected chi connectivity index (χ1v) is 9.17. The van der Waals surface area contributed by atoms with Gasteiger partial charge in [0.05, 0.1) is 22.0 Å². The quantitative estimate of drug-likeness (QED) is 0.590. The van der Waals surface area contributed by atoms with Gasteiger partial charge in [-0.15, -0.1) is 11.3 Å². The van der Waals surface area contributed by atoms with Crippen LogP contribution in [0.4, 0.5) is 5.82 Å². The third-order valence-corrected chi connectivity index (χ3v) is 5.28. The Bertz CT molecular complexity index is 1100. The zero-order chi connectivity index (χ0) is 19.0. The van der Waals surface area contributed by atoms with Gasteiger partial charge in [0.15, 0.2) is 0 Å². The SMILES string of the molecule is CN(C)C(=O)Cn1cc(-c2cnc(N)c(-c3nc4ccccc4s3)c2)cn1. The minimum atomic E-state index is -0.0183. The number of rotatable bonds is 4. The van der Waals surface area contributed by atoms with E-state index in [0.717, 1.165) is 31.9 Å². The molecule has 0 aliphatic carbocycles. The average Bonchev–Trinajstić information content (AvgIpc) is 3.28. The van der Waals surface area contributed by atoms with Gasteiger partial charge in [-0.1, -0.05) is 12.1 Å². The van der Waals surface area contributed by atoms with Gasteiger partial charge in [0.25, 0.3) is 0 Å². The van der Waals surface area contributed by atoms with Crippen LogP contribution in [0.25, 0.3) is 31.9 Å². The maximum absolute atomic E-state index is 11.9. The molecular weight excluding hydrogens is 360 g/mol. The molecule has 136 valence electrons. The molecule has 0 aliphatic heterocycles. The van der Waals surface area contributed by atoms with Crippen molar-refractivity contribution >= 4 is 33.3 Å². The van der Waals surface area contributed by atoms with Crippen LogP contribution in [-0.4, -0.2) is 44.7 Å². The summed E-state index contributed by atoms with van der Waals surface area (Å²) in [6, 6.07) is 9.94. The number of anilines is 1. The summed E-state index contributed by atoms with van der Waals surface area (Å²) in [5, 5.41) is 5.10. The summed E-state index contributed by atoms with van der Waals surface area (Å²) < 4.78 is 2.72. The van der Waals surface area contributed by atoms with Gasteiger partial charge in [0.2, 0.25) is 5.91 Å². The molecule has 0 saturated heterocycles. The molecule has 8 heteroatoms. The predicted molar refractivity (Wildman–Crippen MR) is 107 cm³/mol. The highest BCUT2D eigenvalue weighted by atomic mass is 32.1. The van der Waals surface area contributed by atoms with Crippen LogP contribution in [0.3, 0.4) is 0 Å². The Morgan fingerprint density at radius 2 is 2.04 bits per heavy atom. The van der Waals surface area contributed by atoms with Crippen LogP contribution in [0.5, 0.6) is 0 Å². The lowest BCUT2D eigenvalue weighted by Crippen LogP contribution is -2.26. The lowest BCUT2D eigenvalue weighted by atomic mass is 10.1. The molecule has 0 spiro atoms. The van der Waals surface area contributed by atoms with E-state index in [1.807, 2.05) is 36.5 Å². The van der Waals surface area contributed by atoms with Gasteiger partial charge < -0.3 is 10.6 Å². The number of thiazole rings is 1. The molecule has 0 bridgehead atoms. The molecule has 1 aromatic carbocycles. The molecule has 4 rings (SSSR count). The van der Waals surface area contributed by atoms with Gasteiger partial charge >= 0.3 is 0 Å². The Labute approximate surface area is 160 Å². The molecule has 0 radical (unpaired) electrons. The van der Waals surface area contributed by atoms with Crippen molar-refractivity contribution in [3.63, 3.8) is 0 Å². The van der Waals surface area contributed by atoms with Crippen molar-refractivity contribution < 1.29 is 4.79 Å². The van der Waals surface area contributed by atoms with Crippen molar-refractivity contribution in [1.29, 1.82) is 0 Å². The van der Waals surface area contributed by atoms with Crippen LogP contribution in [-0.2, 0) is 11.3 Å². The van der Waals surface area contributed by atoms with Crippen LogP contribution in [0.2, 0.25) is 0 Å². The lowest BCUT2D eigenvalue weighted by Gasteiger charge is -2.09. The molecule has 3 heterocycles. The number of pyridine rings is 1. The Morgan fingerprint density at radius 1 is 1.22 bits per heavy atom. The van der Waals surface area contributed by atoms with Crippen LogP contribution >= 0.6 is 11.3 Å². The van der Waals surface area contributed by atoms with E-state index in [1.165, 1.54) is 4.90 Å². The first-order valence-electron chi connectivity index (χ1n) is 8.36. The van der Waals surface area contributed by atoms with Crippen molar-refractivity contribution in [3.8, 4) is 21.7 Å². The van der Waals surface area contributed by atoms with Crippen molar-refractivity contribution in [3.05, 3.63) is 48.9 Å². The summed E-state index contributed by atoms with van der Waals surface area (Å²) in [7, 11) is 3.45. The topological polar surface area (TPSA) is 89.9 Å². The fourth-order valence-corrected chi connectivity index (χ4v) is 3.66. The van der Waals surface area contributed by atoms with Crippen molar-refractivity contribution in [2.24, 2.45) is 0 Å². The summed E-state index contributed by atoms with van der Waals surface area (Å²) >= 11 is 1.58. The standard InChI is InChI=1S/C19H18N6OS/c1-24(2)17(26)11-25-10-13(9-22-25)12-7-14(18(20)21-8-12)19-23-15-5-3-4-6-16(15)27-19/h3-10H,11H2,1-2H3,(H2,20,21). The predicted octanol–water partition coefficient (Wildman–Crippen LogP) is 2.89. The highest BCUT2D eigenvalue weighted by Crippen LogP contribution is 2.34. The zero-order valence-corrected chi connectivity index (χ0v) is 15.8. The Kier molecular flexibility index (Phi) is 4.33. The fourth-order valence-electron chi connectivity index (χ4n) is 2.67. The number of para-hydroxylation sites is 1. The van der Waals surface area contributed by atoms with Crippen molar-refractivity contribution in [2.75, 3.05) is 19.8 Å². The van der Waals surface area contributed by atoms with Gasteiger partial charge in [0, 0.05) is 37.6 Å². The van der Waals surface area contributed by atoms with Gasteiger partial charge in [-0.25, -0.2) is 9.97 Å². The molecule has 0 aliphatic rings. The monoisotopic (exact) mass is 378 g/mol. The number of nitrogens with two attached hydrogens (primary N) is 1. The van der Waals surface area contributed by atoms with Crippen LogP contribution < -0.4 is 5.73 Å². The maximum Gasteiger partial charge on any atom is 0.243 e. The van der Waals surface area contributed by atoms with E-state index in [0.29, 0.717) is 5.82 Å². The first-order chi connectivity index (χ1) is 13.0. The molecule has 4 aromatic rings. The van der Waals surface area contributed by atoms with Crippen molar-refractivity contribution in [1.82, 2.24) is 24.6 Å². The lowest BCUT2D eigenvalue weighted by molar-refractivity contribution is -0.129. The van der Waals surface area contributed by atoms with Crippen LogP contribution in [0.1, 0.15) is 0 Å². The Morgan fingerprint density at radius 3 is 2.81 bits per heavy atom. The Hall–Kier alpha value is -3.26. The number of benzene rings is 1. The zero-order valence-electron chi connectivity index (χ0n) is 15.0. The number of carbonyl (C=O) groups excluding carboxylic acids is 1. The molecule has 0 fully saturated rings. The minimum absolute atomic E-state index is 0.0183. The average molecular weight is 378 g/mol. The molecule has 2 N–H and O–H groups in total. The fraction of sp³-hybridized carbons (Fsp3) is 0.158. The van der Waals surface area contributed by atoms with E-state index in [4.69, 9.17) is 5.73 Å². The summed E-state index contributed by atoms with van der Waals surface area (Å²) in [6.07, 6.45) is 5.26. The van der Waals surface area contributed by atoms with E-state index in [9.17, 15) is 4.79 Å². The molecule has 0 unspecified atom stereocenters. The number of hydrogen-bond acceptors (Lipinski definition) is 6. The highest BCUT2D eigenvalue weighted by Gasteiger charge is 2.13. The maximum atomic E-state index is 11.9. The number of amides is 1. The number of hydrogen-bond donors (Lipinski definition) is 1. The number of likely N-dealkylation sites (N-methyl/N-ethyl adjacent to an activating group) is 1. The molecule has 3 aromatic heterocycles. The largest absolute Gasteiger partial charge is 0.383 e. The smallest absolute Gasteiger partial charge is 0.243 e. The van der Waals surface area contributed by atoms with Crippen LogP contribution in [0.15, 0.2) is 48.9 Å². The van der Waals surface area contributed by atoms with E-state index in [2.05, 4.69) is 15.1 Å². The molecule has 27 heavy (non-hydrogen) atoms. The third-order valence-electron chi connectivity index (χ3n) is 4.21. The van der Waals surface area contributed by atoms with Crippen molar-refractivity contribution in [2.45, 2.75) is 6.54 Å². The molecular formula is C19H18N6OS. The van der Waals surface area contributed by atoms with E-state index < -0.39 is 0 Å². The summed E-state index contributed by atoms with van der Waals surface area (Å²) in [4.78, 5) is 22.4. The van der Waals surface area contributed by atoms with Crippen LogP contribution in [0, 0.1) is 0 Å². The minimum Gasteiger partial charge on any atom is -0.383 e.